The molecule has 0 aliphatic heterocycles. The Morgan fingerprint density at radius 3 is 2.40 bits per heavy atom. The lowest BCUT2D eigenvalue weighted by Crippen LogP contribution is -2.12. The molecule has 0 heterocycles. The summed E-state index contributed by atoms with van der Waals surface area (Å²) >= 11 is 4.30. The highest BCUT2D eigenvalue weighted by atomic mass is 32.1. The quantitative estimate of drug-likeness (QED) is 0.849. The fourth-order valence-electron chi connectivity index (χ4n) is 1.75. The number of ether oxygens (including phenoxy) is 2. The highest BCUT2D eigenvalue weighted by molar-refractivity contribution is 7.80. The molecule has 0 aliphatic rings. The number of anilines is 1. The molecule has 2 aromatic rings. The second-order valence-corrected chi connectivity index (χ2v) is 4.52. The summed E-state index contributed by atoms with van der Waals surface area (Å²) in [6.07, 6.45) is 0. The number of carbonyl (C=O) groups excluding carboxylic acids is 1. The lowest BCUT2D eigenvalue weighted by atomic mass is 10.2. The fraction of sp³-hybridized carbons (Fsp3) is 0.133. The number of hydrogen-bond donors (Lipinski definition) is 2. The molecule has 4 nitrogen and oxygen atoms in total. The highest BCUT2D eigenvalue weighted by Crippen LogP contribution is 2.28. The minimum Gasteiger partial charge on any atom is -0.493 e. The Bertz CT molecular complexity index is 628. The Morgan fingerprint density at radius 1 is 1.05 bits per heavy atom. The van der Waals surface area contributed by atoms with Crippen LogP contribution in [0.15, 0.2) is 47.4 Å². The van der Waals surface area contributed by atoms with Crippen molar-refractivity contribution in [3.05, 3.63) is 48.0 Å². The van der Waals surface area contributed by atoms with Crippen LogP contribution in [0.5, 0.6) is 11.5 Å². The van der Waals surface area contributed by atoms with Crippen LogP contribution < -0.4 is 14.8 Å². The third-order valence-electron chi connectivity index (χ3n) is 2.80. The van der Waals surface area contributed by atoms with Gasteiger partial charge >= 0.3 is 0 Å². The van der Waals surface area contributed by atoms with Gasteiger partial charge in [-0.3, -0.25) is 4.79 Å². The van der Waals surface area contributed by atoms with Crippen molar-refractivity contribution in [3.63, 3.8) is 0 Å². The number of benzene rings is 2. The van der Waals surface area contributed by atoms with E-state index in [4.69, 9.17) is 9.47 Å². The molecule has 0 radical (unpaired) electrons. The standard InChI is InChI=1S/C15H15NO3S/c1-18-12-8-7-10(9-13(12)19-2)15(17)16-11-5-3-4-6-14(11)20/h3-9,20H,1-2H3,(H,16,17). The first-order chi connectivity index (χ1) is 9.65. The number of para-hydroxylation sites is 1. The first-order valence-corrected chi connectivity index (χ1v) is 6.42. The van der Waals surface area contributed by atoms with E-state index in [-0.39, 0.29) is 5.91 Å². The summed E-state index contributed by atoms with van der Waals surface area (Å²) in [5.74, 6) is 0.866. The average molecular weight is 289 g/mol. The summed E-state index contributed by atoms with van der Waals surface area (Å²) in [5.41, 5.74) is 1.15. The molecule has 0 aliphatic carbocycles. The van der Waals surface area contributed by atoms with Gasteiger partial charge in [-0.15, -0.1) is 12.6 Å². The van der Waals surface area contributed by atoms with Crippen molar-refractivity contribution in [3.8, 4) is 11.5 Å². The van der Waals surface area contributed by atoms with Gasteiger partial charge in [-0.25, -0.2) is 0 Å². The van der Waals surface area contributed by atoms with Crippen LogP contribution in [0.2, 0.25) is 0 Å². The largest absolute Gasteiger partial charge is 0.493 e. The molecular formula is C15H15NO3S. The van der Waals surface area contributed by atoms with Crippen LogP contribution in [0.25, 0.3) is 0 Å². The van der Waals surface area contributed by atoms with Crippen LogP contribution in [-0.4, -0.2) is 20.1 Å². The molecular weight excluding hydrogens is 274 g/mol. The molecule has 0 unspecified atom stereocenters. The molecule has 0 bridgehead atoms. The predicted molar refractivity (Wildman–Crippen MR) is 81.2 cm³/mol. The van der Waals surface area contributed by atoms with E-state index in [1.54, 1.807) is 31.4 Å². The van der Waals surface area contributed by atoms with E-state index in [0.29, 0.717) is 27.6 Å². The normalized spacial score (nSPS) is 9.95. The zero-order chi connectivity index (χ0) is 14.5. The SMILES string of the molecule is COc1ccc(C(=O)Nc2ccccc2S)cc1OC. The fourth-order valence-corrected chi connectivity index (χ4v) is 1.97. The molecule has 0 saturated heterocycles. The molecule has 104 valence electrons. The molecule has 20 heavy (non-hydrogen) atoms. The number of nitrogens with one attached hydrogen (secondary N) is 1. The third kappa shape index (κ3) is 3.05. The molecule has 1 N–H and O–H groups in total. The summed E-state index contributed by atoms with van der Waals surface area (Å²) < 4.78 is 10.3. The minimum atomic E-state index is -0.229. The monoisotopic (exact) mass is 289 g/mol. The predicted octanol–water partition coefficient (Wildman–Crippen LogP) is 3.24. The van der Waals surface area contributed by atoms with Gasteiger partial charge in [-0.1, -0.05) is 12.1 Å². The van der Waals surface area contributed by atoms with Gasteiger partial charge in [0, 0.05) is 10.5 Å². The maximum atomic E-state index is 12.2. The van der Waals surface area contributed by atoms with Gasteiger partial charge < -0.3 is 14.8 Å². The zero-order valence-electron chi connectivity index (χ0n) is 11.2. The Balaban J connectivity index is 2.24. The molecule has 5 heteroatoms. The van der Waals surface area contributed by atoms with Crippen LogP contribution in [0.3, 0.4) is 0 Å². The molecule has 2 rings (SSSR count). The van der Waals surface area contributed by atoms with Gasteiger partial charge in [0.1, 0.15) is 0 Å². The van der Waals surface area contributed by atoms with E-state index in [1.807, 2.05) is 18.2 Å². The van der Waals surface area contributed by atoms with E-state index in [9.17, 15) is 4.79 Å². The average Bonchev–Trinajstić information content (AvgIpc) is 2.48. The topological polar surface area (TPSA) is 47.6 Å². The van der Waals surface area contributed by atoms with E-state index < -0.39 is 0 Å². The lowest BCUT2D eigenvalue weighted by Gasteiger charge is -2.10. The van der Waals surface area contributed by atoms with Crippen molar-refractivity contribution < 1.29 is 14.3 Å². The number of amides is 1. The summed E-state index contributed by atoms with van der Waals surface area (Å²) in [6.45, 7) is 0. The van der Waals surface area contributed by atoms with Gasteiger partial charge in [0.25, 0.3) is 5.91 Å². The van der Waals surface area contributed by atoms with E-state index >= 15 is 0 Å². The summed E-state index contributed by atoms with van der Waals surface area (Å²) in [5, 5.41) is 2.80. The smallest absolute Gasteiger partial charge is 0.255 e. The third-order valence-corrected chi connectivity index (χ3v) is 3.19. The van der Waals surface area contributed by atoms with Crippen molar-refractivity contribution >= 4 is 24.2 Å². The second kappa shape index (κ2) is 6.34. The maximum absolute atomic E-state index is 12.2. The first-order valence-electron chi connectivity index (χ1n) is 5.97. The summed E-state index contributed by atoms with van der Waals surface area (Å²) in [6, 6.07) is 12.3. The second-order valence-electron chi connectivity index (χ2n) is 4.04. The molecule has 0 spiro atoms. The molecule has 0 saturated carbocycles. The van der Waals surface area contributed by atoms with Crippen LogP contribution in [-0.2, 0) is 0 Å². The van der Waals surface area contributed by atoms with E-state index in [0.717, 1.165) is 0 Å². The van der Waals surface area contributed by atoms with Crippen LogP contribution >= 0.6 is 12.6 Å². The highest BCUT2D eigenvalue weighted by Gasteiger charge is 2.11. The lowest BCUT2D eigenvalue weighted by molar-refractivity contribution is 0.102. The molecule has 0 aromatic heterocycles. The Labute approximate surface area is 123 Å². The Hall–Kier alpha value is -2.14. The number of carbonyl (C=O) groups is 1. The molecule has 2 aromatic carbocycles. The van der Waals surface area contributed by atoms with E-state index in [1.165, 1.54) is 7.11 Å². The Kier molecular flexibility index (Phi) is 4.53. The van der Waals surface area contributed by atoms with Crippen LogP contribution in [0.4, 0.5) is 5.69 Å². The van der Waals surface area contributed by atoms with Crippen molar-refractivity contribution in [2.45, 2.75) is 4.90 Å². The Morgan fingerprint density at radius 2 is 1.75 bits per heavy atom. The number of methoxy groups -OCH3 is 2. The number of rotatable bonds is 4. The van der Waals surface area contributed by atoms with Gasteiger partial charge in [-0.05, 0) is 30.3 Å². The molecule has 0 fully saturated rings. The summed E-state index contributed by atoms with van der Waals surface area (Å²) in [7, 11) is 3.08. The number of thiol groups is 1. The number of hydrogen-bond acceptors (Lipinski definition) is 4. The van der Waals surface area contributed by atoms with Gasteiger partial charge in [0.2, 0.25) is 0 Å². The maximum Gasteiger partial charge on any atom is 0.255 e. The van der Waals surface area contributed by atoms with Crippen molar-refractivity contribution in [2.75, 3.05) is 19.5 Å². The van der Waals surface area contributed by atoms with Gasteiger partial charge in [0.05, 0.1) is 19.9 Å². The van der Waals surface area contributed by atoms with Gasteiger partial charge in [-0.2, -0.15) is 0 Å². The van der Waals surface area contributed by atoms with Crippen LogP contribution in [0.1, 0.15) is 10.4 Å². The van der Waals surface area contributed by atoms with Crippen LogP contribution in [0, 0.1) is 0 Å². The van der Waals surface area contributed by atoms with Gasteiger partial charge in [0.15, 0.2) is 11.5 Å². The van der Waals surface area contributed by atoms with E-state index in [2.05, 4.69) is 17.9 Å². The summed E-state index contributed by atoms with van der Waals surface area (Å²) in [4.78, 5) is 12.9. The van der Waals surface area contributed by atoms with Crippen molar-refractivity contribution in [2.24, 2.45) is 0 Å². The van der Waals surface area contributed by atoms with Crippen molar-refractivity contribution in [1.82, 2.24) is 0 Å². The molecule has 1 amide bonds. The first kappa shape index (κ1) is 14.3. The molecule has 0 atom stereocenters. The van der Waals surface area contributed by atoms with Crippen molar-refractivity contribution in [1.29, 1.82) is 0 Å². The minimum absolute atomic E-state index is 0.229. The zero-order valence-corrected chi connectivity index (χ0v) is 12.1.